The van der Waals surface area contributed by atoms with Gasteiger partial charge in [0.2, 0.25) is 11.9 Å². The molecule has 1 rings (SSSR count). The van der Waals surface area contributed by atoms with Gasteiger partial charge in [0.15, 0.2) is 0 Å². The van der Waals surface area contributed by atoms with Gasteiger partial charge in [-0.25, -0.2) is 4.68 Å². The quantitative estimate of drug-likeness (QED) is 0.717. The van der Waals surface area contributed by atoms with E-state index in [2.05, 4.69) is 15.4 Å². The van der Waals surface area contributed by atoms with Crippen molar-refractivity contribution in [3.05, 3.63) is 6.33 Å². The molecule has 5 heteroatoms. The molecule has 0 saturated heterocycles. The predicted molar refractivity (Wildman–Crippen MR) is 44.5 cm³/mol. The average molecular weight is 168 g/mol. The van der Waals surface area contributed by atoms with Gasteiger partial charge in [-0.3, -0.25) is 10.1 Å². The fraction of sp³-hybridized carbons (Fsp3) is 0.571. The van der Waals surface area contributed by atoms with Gasteiger partial charge in [0.05, 0.1) is 0 Å². The van der Waals surface area contributed by atoms with Crippen LogP contribution < -0.4 is 5.32 Å². The van der Waals surface area contributed by atoms with Gasteiger partial charge < -0.3 is 0 Å². The molecule has 0 atom stereocenters. The van der Waals surface area contributed by atoms with Gasteiger partial charge in [0, 0.05) is 13.5 Å². The maximum atomic E-state index is 11.1. The van der Waals surface area contributed by atoms with Crippen LogP contribution in [0.5, 0.6) is 0 Å². The number of amides is 1. The van der Waals surface area contributed by atoms with Gasteiger partial charge in [-0.2, -0.15) is 10.1 Å². The zero-order valence-electron chi connectivity index (χ0n) is 7.24. The molecule has 1 N–H and O–H groups in total. The van der Waals surface area contributed by atoms with E-state index in [0.29, 0.717) is 12.4 Å². The molecule has 0 aliphatic heterocycles. The van der Waals surface area contributed by atoms with E-state index in [4.69, 9.17) is 0 Å². The first kappa shape index (κ1) is 8.70. The maximum Gasteiger partial charge on any atom is 0.227 e. The second-order valence-corrected chi connectivity index (χ2v) is 2.51. The molecule has 0 saturated carbocycles. The van der Waals surface area contributed by atoms with Crippen LogP contribution in [0.25, 0.3) is 0 Å². The summed E-state index contributed by atoms with van der Waals surface area (Å²) in [6.07, 6.45) is 2.76. The standard InChI is InChI=1S/C7H12N4O/c1-3-4-6(12)10-7-8-5-9-11(7)2/h5H,3-4H2,1-2H3,(H,8,9,10,12). The lowest BCUT2D eigenvalue weighted by Gasteiger charge is -2.01. The third-order valence-corrected chi connectivity index (χ3v) is 1.44. The Hall–Kier alpha value is -1.39. The van der Waals surface area contributed by atoms with Crippen LogP contribution in [0.2, 0.25) is 0 Å². The summed E-state index contributed by atoms with van der Waals surface area (Å²) in [4.78, 5) is 14.9. The van der Waals surface area contributed by atoms with Crippen molar-refractivity contribution in [2.45, 2.75) is 19.8 Å². The molecule has 5 nitrogen and oxygen atoms in total. The molecule has 66 valence electrons. The first-order chi connectivity index (χ1) is 5.74. The summed E-state index contributed by atoms with van der Waals surface area (Å²) in [5.74, 6) is 0.474. The van der Waals surface area contributed by atoms with Crippen LogP contribution in [0.3, 0.4) is 0 Å². The van der Waals surface area contributed by atoms with Gasteiger partial charge in [0.25, 0.3) is 0 Å². The average Bonchev–Trinajstić information content (AvgIpc) is 2.37. The molecular weight excluding hydrogens is 156 g/mol. The van der Waals surface area contributed by atoms with Gasteiger partial charge in [-0.05, 0) is 6.42 Å². The summed E-state index contributed by atoms with van der Waals surface area (Å²) < 4.78 is 1.52. The number of rotatable bonds is 3. The summed E-state index contributed by atoms with van der Waals surface area (Å²) in [5, 5.41) is 6.46. The summed E-state index contributed by atoms with van der Waals surface area (Å²) in [6.45, 7) is 1.95. The number of nitrogens with zero attached hydrogens (tertiary/aromatic N) is 3. The lowest BCUT2D eigenvalue weighted by Crippen LogP contribution is -2.14. The highest BCUT2D eigenvalue weighted by atomic mass is 16.1. The molecule has 1 aromatic heterocycles. The molecule has 1 heterocycles. The molecule has 0 unspecified atom stereocenters. The minimum Gasteiger partial charge on any atom is -0.295 e. The fourth-order valence-electron chi connectivity index (χ4n) is 0.824. The van der Waals surface area contributed by atoms with Crippen LogP contribution in [0.1, 0.15) is 19.8 Å². The predicted octanol–water partition coefficient (Wildman–Crippen LogP) is 0.554. The number of carbonyl (C=O) groups is 1. The normalized spacial score (nSPS) is 9.83. The molecule has 1 amide bonds. The third-order valence-electron chi connectivity index (χ3n) is 1.44. The Morgan fingerprint density at radius 3 is 3.00 bits per heavy atom. The lowest BCUT2D eigenvalue weighted by atomic mass is 10.3. The Bertz CT molecular complexity index is 268. The first-order valence-corrected chi connectivity index (χ1v) is 3.88. The van der Waals surface area contributed by atoms with Crippen molar-refractivity contribution in [3.63, 3.8) is 0 Å². The smallest absolute Gasteiger partial charge is 0.227 e. The fourth-order valence-corrected chi connectivity index (χ4v) is 0.824. The van der Waals surface area contributed by atoms with Crippen molar-refractivity contribution in [2.24, 2.45) is 7.05 Å². The minimum atomic E-state index is -0.0198. The zero-order chi connectivity index (χ0) is 8.97. The maximum absolute atomic E-state index is 11.1. The Labute approximate surface area is 70.8 Å². The van der Waals surface area contributed by atoms with Crippen molar-refractivity contribution in [2.75, 3.05) is 5.32 Å². The third kappa shape index (κ3) is 2.05. The molecule has 0 fully saturated rings. The number of aryl methyl sites for hydroxylation is 1. The van der Waals surface area contributed by atoms with Crippen molar-refractivity contribution in [3.8, 4) is 0 Å². The van der Waals surface area contributed by atoms with E-state index < -0.39 is 0 Å². The number of hydrogen-bond acceptors (Lipinski definition) is 3. The van der Waals surface area contributed by atoms with Gasteiger partial charge >= 0.3 is 0 Å². The van der Waals surface area contributed by atoms with E-state index in [0.717, 1.165) is 6.42 Å². The molecular formula is C7H12N4O. The summed E-state index contributed by atoms with van der Waals surface area (Å²) in [7, 11) is 1.73. The Balaban J connectivity index is 2.52. The van der Waals surface area contributed by atoms with Crippen molar-refractivity contribution in [1.29, 1.82) is 0 Å². The van der Waals surface area contributed by atoms with Gasteiger partial charge in [0.1, 0.15) is 6.33 Å². The van der Waals surface area contributed by atoms with Gasteiger partial charge in [-0.15, -0.1) is 0 Å². The summed E-state index contributed by atoms with van der Waals surface area (Å²) in [5.41, 5.74) is 0. The van der Waals surface area contributed by atoms with E-state index in [1.54, 1.807) is 7.05 Å². The van der Waals surface area contributed by atoms with E-state index in [1.165, 1.54) is 11.0 Å². The zero-order valence-corrected chi connectivity index (χ0v) is 7.24. The topological polar surface area (TPSA) is 59.8 Å². The molecule has 0 aliphatic carbocycles. The molecule has 0 bridgehead atoms. The minimum absolute atomic E-state index is 0.0198. The molecule has 12 heavy (non-hydrogen) atoms. The van der Waals surface area contributed by atoms with E-state index >= 15 is 0 Å². The number of nitrogens with one attached hydrogen (secondary N) is 1. The number of carbonyl (C=O) groups excluding carboxylic acids is 1. The second kappa shape index (κ2) is 3.85. The van der Waals surface area contributed by atoms with E-state index in [1.807, 2.05) is 6.92 Å². The largest absolute Gasteiger partial charge is 0.295 e. The van der Waals surface area contributed by atoms with Crippen LogP contribution >= 0.6 is 0 Å². The highest BCUT2D eigenvalue weighted by molar-refractivity contribution is 5.88. The van der Waals surface area contributed by atoms with Crippen LogP contribution in [-0.4, -0.2) is 20.7 Å². The first-order valence-electron chi connectivity index (χ1n) is 3.88. The van der Waals surface area contributed by atoms with E-state index in [-0.39, 0.29) is 5.91 Å². The molecule has 0 aromatic carbocycles. The molecule has 0 radical (unpaired) electrons. The Kier molecular flexibility index (Phi) is 2.79. The van der Waals surface area contributed by atoms with Crippen LogP contribution in [0.15, 0.2) is 6.33 Å². The van der Waals surface area contributed by atoms with Crippen molar-refractivity contribution in [1.82, 2.24) is 14.8 Å². The number of anilines is 1. The SMILES string of the molecule is CCCC(=O)Nc1ncnn1C. The summed E-state index contributed by atoms with van der Waals surface area (Å²) in [6, 6.07) is 0. The monoisotopic (exact) mass is 168 g/mol. The van der Waals surface area contributed by atoms with Crippen molar-refractivity contribution >= 4 is 11.9 Å². The molecule has 0 spiro atoms. The van der Waals surface area contributed by atoms with Crippen LogP contribution in [0.4, 0.5) is 5.95 Å². The lowest BCUT2D eigenvalue weighted by molar-refractivity contribution is -0.116. The highest BCUT2D eigenvalue weighted by Crippen LogP contribution is 1.99. The van der Waals surface area contributed by atoms with E-state index in [9.17, 15) is 4.79 Å². The van der Waals surface area contributed by atoms with Gasteiger partial charge in [-0.1, -0.05) is 6.92 Å². The van der Waals surface area contributed by atoms with Crippen LogP contribution in [-0.2, 0) is 11.8 Å². The molecule has 0 aliphatic rings. The van der Waals surface area contributed by atoms with Crippen molar-refractivity contribution < 1.29 is 4.79 Å². The Morgan fingerprint density at radius 2 is 2.50 bits per heavy atom. The summed E-state index contributed by atoms with van der Waals surface area (Å²) >= 11 is 0. The number of hydrogen-bond donors (Lipinski definition) is 1. The highest BCUT2D eigenvalue weighted by Gasteiger charge is 2.04. The second-order valence-electron chi connectivity index (χ2n) is 2.51. The molecule has 1 aromatic rings. The Morgan fingerprint density at radius 1 is 1.75 bits per heavy atom. The number of aromatic nitrogens is 3. The van der Waals surface area contributed by atoms with Crippen LogP contribution in [0, 0.1) is 0 Å².